The Morgan fingerprint density at radius 2 is 1.90 bits per heavy atom. The molecule has 0 saturated carbocycles. The Kier molecular flexibility index (Phi) is 8.07. The van der Waals surface area contributed by atoms with Gasteiger partial charge in [-0.05, 0) is 34.4 Å². The van der Waals surface area contributed by atoms with Crippen LogP contribution < -0.4 is 4.74 Å². The molecular formula is C13H23N3O5. The van der Waals surface area contributed by atoms with Crippen molar-refractivity contribution in [2.24, 2.45) is 7.05 Å². The molecule has 120 valence electrons. The van der Waals surface area contributed by atoms with E-state index in [1.54, 1.807) is 0 Å². The van der Waals surface area contributed by atoms with Crippen molar-refractivity contribution in [3.05, 3.63) is 11.9 Å². The smallest absolute Gasteiger partial charge is 0.414 e. The van der Waals surface area contributed by atoms with E-state index in [0.717, 1.165) is 12.1 Å². The van der Waals surface area contributed by atoms with Crippen molar-refractivity contribution in [3.63, 3.8) is 0 Å². The third kappa shape index (κ3) is 7.93. The lowest BCUT2D eigenvalue weighted by molar-refractivity contribution is -0.159. The Hall–Kier alpha value is -2.09. The van der Waals surface area contributed by atoms with Crippen molar-refractivity contribution in [2.75, 3.05) is 20.7 Å². The van der Waals surface area contributed by atoms with E-state index >= 15 is 0 Å². The van der Waals surface area contributed by atoms with Gasteiger partial charge in [0.2, 0.25) is 0 Å². The van der Waals surface area contributed by atoms with Gasteiger partial charge in [0.1, 0.15) is 0 Å². The number of hydrogen-bond donors (Lipinski definition) is 2. The number of hydrogen-bond acceptors (Lipinski definition) is 5. The Morgan fingerprint density at radius 1 is 1.38 bits per heavy atom. The summed E-state index contributed by atoms with van der Waals surface area (Å²) in [7, 11) is 6.11. The van der Waals surface area contributed by atoms with Gasteiger partial charge in [-0.25, -0.2) is 14.6 Å². The Balaban J connectivity index is 0.000000567. The minimum absolute atomic E-state index is 0.534. The van der Waals surface area contributed by atoms with Gasteiger partial charge in [-0.3, -0.25) is 0 Å². The minimum atomic E-state index is -1.82. The van der Waals surface area contributed by atoms with Crippen molar-refractivity contribution in [3.8, 4) is 6.01 Å². The summed E-state index contributed by atoms with van der Waals surface area (Å²) in [5.74, 6) is -3.65. The van der Waals surface area contributed by atoms with Crippen LogP contribution >= 0.6 is 0 Å². The molecule has 0 aliphatic rings. The lowest BCUT2D eigenvalue weighted by Crippen LogP contribution is -2.26. The number of carboxylic acids is 2. The van der Waals surface area contributed by atoms with Crippen LogP contribution in [0.5, 0.6) is 6.01 Å². The van der Waals surface area contributed by atoms with E-state index < -0.39 is 11.9 Å². The van der Waals surface area contributed by atoms with E-state index in [9.17, 15) is 0 Å². The lowest BCUT2D eigenvalue weighted by Gasteiger charge is -2.19. The normalized spacial score (nSPS) is 11.5. The van der Waals surface area contributed by atoms with Crippen LogP contribution in [0.3, 0.4) is 0 Å². The molecule has 1 aromatic heterocycles. The molecule has 0 aliphatic carbocycles. The van der Waals surface area contributed by atoms with Gasteiger partial charge in [0.05, 0.1) is 12.3 Å². The maximum atomic E-state index is 9.10. The van der Waals surface area contributed by atoms with Gasteiger partial charge in [-0.2, -0.15) is 0 Å². The number of ether oxygens (including phenoxy) is 1. The van der Waals surface area contributed by atoms with Crippen molar-refractivity contribution in [1.82, 2.24) is 14.5 Å². The van der Waals surface area contributed by atoms with Crippen LogP contribution in [0.25, 0.3) is 0 Å². The van der Waals surface area contributed by atoms with Crippen molar-refractivity contribution in [1.29, 1.82) is 0 Å². The first-order valence-corrected chi connectivity index (χ1v) is 6.40. The van der Waals surface area contributed by atoms with Crippen LogP contribution in [0, 0.1) is 6.92 Å². The topological polar surface area (TPSA) is 105 Å². The summed E-state index contributed by atoms with van der Waals surface area (Å²) in [6, 6.07) is 1.24. The zero-order valence-electron chi connectivity index (χ0n) is 13.0. The fourth-order valence-electron chi connectivity index (χ4n) is 1.31. The number of carbonyl (C=O) groups is 2. The maximum absolute atomic E-state index is 9.10. The third-order valence-electron chi connectivity index (χ3n) is 2.79. The predicted molar refractivity (Wildman–Crippen MR) is 76.5 cm³/mol. The molecule has 1 heterocycles. The molecule has 0 bridgehead atoms. The molecule has 0 aliphatic heterocycles. The summed E-state index contributed by atoms with van der Waals surface area (Å²) in [6.07, 6.45) is 2.98. The monoisotopic (exact) mass is 301 g/mol. The van der Waals surface area contributed by atoms with E-state index in [4.69, 9.17) is 24.5 Å². The molecule has 1 unspecified atom stereocenters. The van der Waals surface area contributed by atoms with Crippen molar-refractivity contribution in [2.45, 2.75) is 26.3 Å². The van der Waals surface area contributed by atoms with E-state index in [2.05, 4.69) is 30.9 Å². The molecule has 2 N–H and O–H groups in total. The van der Waals surface area contributed by atoms with E-state index in [1.165, 1.54) is 0 Å². The largest absolute Gasteiger partial charge is 0.473 e. The number of nitrogens with zero attached hydrogens (tertiary/aromatic N) is 3. The van der Waals surface area contributed by atoms with Crippen molar-refractivity contribution >= 4 is 11.9 Å². The van der Waals surface area contributed by atoms with Gasteiger partial charge in [-0.15, -0.1) is 0 Å². The van der Waals surface area contributed by atoms with Crippen LogP contribution in [0.2, 0.25) is 0 Å². The molecule has 0 spiro atoms. The molecule has 21 heavy (non-hydrogen) atoms. The van der Waals surface area contributed by atoms with Crippen molar-refractivity contribution < 1.29 is 24.5 Å². The first-order chi connectivity index (χ1) is 9.65. The minimum Gasteiger partial charge on any atom is -0.473 e. The zero-order chi connectivity index (χ0) is 16.6. The summed E-state index contributed by atoms with van der Waals surface area (Å²) in [5.41, 5.74) is 0.994. The summed E-state index contributed by atoms with van der Waals surface area (Å²) < 4.78 is 7.52. The molecule has 8 heteroatoms. The second kappa shape index (κ2) is 8.96. The Bertz CT molecular complexity index is 458. The fourth-order valence-corrected chi connectivity index (χ4v) is 1.31. The van der Waals surface area contributed by atoms with E-state index in [0.29, 0.717) is 18.7 Å². The number of imidazole rings is 1. The maximum Gasteiger partial charge on any atom is 0.414 e. The number of aromatic nitrogens is 2. The van der Waals surface area contributed by atoms with E-state index in [-0.39, 0.29) is 0 Å². The molecule has 8 nitrogen and oxygen atoms in total. The first-order valence-electron chi connectivity index (χ1n) is 6.40. The highest BCUT2D eigenvalue weighted by Crippen LogP contribution is 2.09. The highest BCUT2D eigenvalue weighted by atomic mass is 16.5. The second-order valence-electron chi connectivity index (χ2n) is 4.84. The molecule has 0 amide bonds. The van der Waals surface area contributed by atoms with Gasteiger partial charge in [0.25, 0.3) is 6.01 Å². The molecule has 1 aromatic rings. The number of aliphatic carboxylic acids is 2. The molecule has 1 atom stereocenters. The average Bonchev–Trinajstić information content (AvgIpc) is 2.68. The van der Waals surface area contributed by atoms with Gasteiger partial charge in [-0.1, -0.05) is 0 Å². The van der Waals surface area contributed by atoms with E-state index in [1.807, 2.05) is 24.7 Å². The summed E-state index contributed by atoms with van der Waals surface area (Å²) >= 11 is 0. The number of aryl methyl sites for hydroxylation is 2. The average molecular weight is 301 g/mol. The molecule has 0 saturated heterocycles. The second-order valence-corrected chi connectivity index (χ2v) is 4.84. The quantitative estimate of drug-likeness (QED) is 0.767. The number of carboxylic acid groups (broad SMARTS) is 2. The highest BCUT2D eigenvalue weighted by Gasteiger charge is 2.07. The summed E-state index contributed by atoms with van der Waals surface area (Å²) in [5, 5.41) is 14.8. The van der Waals surface area contributed by atoms with Gasteiger partial charge in [0, 0.05) is 19.3 Å². The summed E-state index contributed by atoms with van der Waals surface area (Å²) in [4.78, 5) is 24.7. The van der Waals surface area contributed by atoms with Gasteiger partial charge in [0.15, 0.2) is 0 Å². The van der Waals surface area contributed by atoms with Crippen LogP contribution in [0.4, 0.5) is 0 Å². The Labute approximate surface area is 124 Å². The summed E-state index contributed by atoms with van der Waals surface area (Å²) in [6.45, 7) is 4.87. The number of rotatable bonds is 5. The van der Waals surface area contributed by atoms with Crippen LogP contribution in [0.1, 0.15) is 19.0 Å². The van der Waals surface area contributed by atoms with Gasteiger partial charge < -0.3 is 24.4 Å². The van der Waals surface area contributed by atoms with Crippen LogP contribution in [0.15, 0.2) is 6.20 Å². The van der Waals surface area contributed by atoms with Crippen LogP contribution in [-0.4, -0.2) is 63.3 Å². The molecule has 1 rings (SSSR count). The van der Waals surface area contributed by atoms with Gasteiger partial charge >= 0.3 is 11.9 Å². The molecular weight excluding hydrogens is 278 g/mol. The molecule has 0 aromatic carbocycles. The zero-order valence-corrected chi connectivity index (χ0v) is 13.0. The predicted octanol–water partition coefficient (Wildman–Crippen LogP) is 0.603. The first kappa shape index (κ1) is 18.9. The SMILES string of the molecule is Cc1cn(C)c(OCCC(C)N(C)C)n1.O=C(O)C(=O)O. The van der Waals surface area contributed by atoms with Crippen LogP contribution in [-0.2, 0) is 16.6 Å². The molecule has 0 fully saturated rings. The highest BCUT2D eigenvalue weighted by molar-refractivity contribution is 6.27. The third-order valence-corrected chi connectivity index (χ3v) is 2.79. The standard InChI is InChI=1S/C11H21N3O.C2H2O4/c1-9-8-14(5)11(12-9)15-7-6-10(2)13(3)4;3-1(4)2(5)6/h8,10H,6-7H2,1-5H3;(H,3,4)(H,5,6). The fraction of sp³-hybridized carbons (Fsp3) is 0.615. The molecule has 0 radical (unpaired) electrons. The lowest BCUT2D eigenvalue weighted by atomic mass is 10.2. The Morgan fingerprint density at radius 3 is 2.24 bits per heavy atom.